The number of nitrogens with one attached hydrogen (secondary N) is 2. The summed E-state index contributed by atoms with van der Waals surface area (Å²) in [5.41, 5.74) is 0.997. The van der Waals surface area contributed by atoms with Crippen LogP contribution >= 0.6 is 0 Å². The van der Waals surface area contributed by atoms with E-state index in [4.69, 9.17) is 4.74 Å². The Balaban J connectivity index is 1.77. The van der Waals surface area contributed by atoms with Crippen LogP contribution in [0.5, 0.6) is 5.75 Å². The summed E-state index contributed by atoms with van der Waals surface area (Å²) in [6.45, 7) is 4.77. The molecule has 0 saturated heterocycles. The minimum Gasteiger partial charge on any atom is -0.490 e. The fourth-order valence-electron chi connectivity index (χ4n) is 3.12. The van der Waals surface area contributed by atoms with Gasteiger partial charge in [0, 0.05) is 18.7 Å². The Morgan fingerprint density at radius 2 is 1.96 bits per heavy atom. The maximum Gasteiger partial charge on any atom is 0.315 e. The highest BCUT2D eigenvalue weighted by atomic mass is 16.5. The molecular weight excluding hydrogens is 304 g/mol. The lowest BCUT2D eigenvalue weighted by Gasteiger charge is -2.17. The summed E-state index contributed by atoms with van der Waals surface area (Å²) < 4.78 is 6.08. The average molecular weight is 334 g/mol. The summed E-state index contributed by atoms with van der Waals surface area (Å²) in [6, 6.07) is 7.69. The van der Waals surface area contributed by atoms with Crippen molar-refractivity contribution >= 4 is 6.03 Å². The predicted molar refractivity (Wildman–Crippen MR) is 95.0 cm³/mol. The number of aliphatic hydroxyl groups excluding tert-OH is 1. The standard InChI is InChI=1S/C19H30N2O3/c1-14(11-15(2)22)12-20-19(23)21-13-16-7-3-6-10-18(16)24-17-8-4-5-9-17/h3,6-7,10,14-15,17,22H,4-5,8-9,11-13H2,1-2H3,(H2,20,21,23). The first kappa shape index (κ1) is 18.6. The topological polar surface area (TPSA) is 70.6 Å². The van der Waals surface area contributed by atoms with Crippen molar-refractivity contribution in [3.8, 4) is 5.75 Å². The molecule has 0 radical (unpaired) electrons. The minimum atomic E-state index is -0.343. The molecule has 2 atom stereocenters. The van der Waals surface area contributed by atoms with E-state index >= 15 is 0 Å². The second kappa shape index (κ2) is 9.52. The summed E-state index contributed by atoms with van der Waals surface area (Å²) in [5, 5.41) is 15.1. The fraction of sp³-hybridized carbons (Fsp3) is 0.632. The number of urea groups is 1. The molecule has 5 nitrogen and oxygen atoms in total. The maximum atomic E-state index is 11.9. The predicted octanol–water partition coefficient (Wildman–Crippen LogP) is 3.21. The summed E-state index contributed by atoms with van der Waals surface area (Å²) in [4.78, 5) is 11.9. The number of hydrogen-bond donors (Lipinski definition) is 3. The molecule has 1 aromatic carbocycles. The van der Waals surface area contributed by atoms with E-state index < -0.39 is 0 Å². The van der Waals surface area contributed by atoms with Crippen molar-refractivity contribution in [1.82, 2.24) is 10.6 Å². The minimum absolute atomic E-state index is 0.192. The number of ether oxygens (including phenoxy) is 1. The molecule has 1 aromatic rings. The smallest absolute Gasteiger partial charge is 0.315 e. The Labute approximate surface area is 144 Å². The van der Waals surface area contributed by atoms with Gasteiger partial charge in [0.15, 0.2) is 0 Å². The highest BCUT2D eigenvalue weighted by Crippen LogP contribution is 2.26. The first-order valence-electron chi connectivity index (χ1n) is 8.99. The SMILES string of the molecule is CC(O)CC(C)CNC(=O)NCc1ccccc1OC1CCCC1. The lowest BCUT2D eigenvalue weighted by Crippen LogP contribution is -2.38. The van der Waals surface area contributed by atoms with Gasteiger partial charge in [-0.05, 0) is 51.0 Å². The number of rotatable bonds is 8. The number of hydrogen-bond acceptors (Lipinski definition) is 3. The van der Waals surface area contributed by atoms with Crippen LogP contribution in [-0.4, -0.2) is 29.9 Å². The monoisotopic (exact) mass is 334 g/mol. The third-order valence-corrected chi connectivity index (χ3v) is 4.36. The van der Waals surface area contributed by atoms with Crippen LogP contribution in [0.15, 0.2) is 24.3 Å². The molecular formula is C19H30N2O3. The quantitative estimate of drug-likeness (QED) is 0.683. The zero-order valence-corrected chi connectivity index (χ0v) is 14.8. The summed E-state index contributed by atoms with van der Waals surface area (Å²) in [5.74, 6) is 1.11. The number of carbonyl (C=O) groups is 1. The molecule has 0 heterocycles. The molecule has 2 rings (SSSR count). The van der Waals surface area contributed by atoms with E-state index in [-0.39, 0.29) is 18.1 Å². The zero-order valence-electron chi connectivity index (χ0n) is 14.8. The van der Waals surface area contributed by atoms with E-state index in [0.717, 1.165) is 24.2 Å². The molecule has 1 saturated carbocycles. The second-order valence-corrected chi connectivity index (χ2v) is 6.89. The molecule has 0 aliphatic heterocycles. The fourth-order valence-corrected chi connectivity index (χ4v) is 3.12. The lowest BCUT2D eigenvalue weighted by molar-refractivity contribution is 0.163. The number of aliphatic hydroxyl groups is 1. The normalized spacial score (nSPS) is 17.3. The van der Waals surface area contributed by atoms with E-state index in [1.807, 2.05) is 31.2 Å². The Hall–Kier alpha value is -1.75. The number of para-hydroxylation sites is 1. The van der Waals surface area contributed by atoms with Crippen LogP contribution in [0.25, 0.3) is 0 Å². The van der Waals surface area contributed by atoms with Gasteiger partial charge in [-0.3, -0.25) is 0 Å². The molecule has 1 aliphatic carbocycles. The van der Waals surface area contributed by atoms with Crippen molar-refractivity contribution in [2.45, 2.75) is 64.7 Å². The van der Waals surface area contributed by atoms with Gasteiger partial charge in [-0.15, -0.1) is 0 Å². The van der Waals surface area contributed by atoms with Crippen LogP contribution < -0.4 is 15.4 Å². The Morgan fingerprint density at radius 3 is 2.67 bits per heavy atom. The van der Waals surface area contributed by atoms with Gasteiger partial charge in [0.1, 0.15) is 5.75 Å². The number of carbonyl (C=O) groups excluding carboxylic acids is 1. The maximum absolute atomic E-state index is 11.9. The van der Waals surface area contributed by atoms with Crippen LogP contribution in [0.1, 0.15) is 51.5 Å². The molecule has 2 amide bonds. The van der Waals surface area contributed by atoms with Gasteiger partial charge < -0.3 is 20.5 Å². The van der Waals surface area contributed by atoms with E-state index in [1.54, 1.807) is 6.92 Å². The number of benzene rings is 1. The van der Waals surface area contributed by atoms with Crippen molar-refractivity contribution in [2.75, 3.05) is 6.54 Å². The number of amides is 2. The first-order chi connectivity index (χ1) is 11.5. The largest absolute Gasteiger partial charge is 0.490 e. The van der Waals surface area contributed by atoms with E-state index in [2.05, 4.69) is 10.6 Å². The summed E-state index contributed by atoms with van der Waals surface area (Å²) in [6.07, 6.45) is 5.34. The van der Waals surface area contributed by atoms with Crippen molar-refractivity contribution in [1.29, 1.82) is 0 Å². The van der Waals surface area contributed by atoms with Crippen LogP contribution in [0.2, 0.25) is 0 Å². The van der Waals surface area contributed by atoms with Crippen LogP contribution in [-0.2, 0) is 6.54 Å². The van der Waals surface area contributed by atoms with Gasteiger partial charge in [-0.25, -0.2) is 4.79 Å². The van der Waals surface area contributed by atoms with Gasteiger partial charge in [0.05, 0.1) is 12.2 Å². The Morgan fingerprint density at radius 1 is 1.25 bits per heavy atom. The summed E-state index contributed by atoms with van der Waals surface area (Å²) >= 11 is 0. The van der Waals surface area contributed by atoms with Gasteiger partial charge in [-0.1, -0.05) is 25.1 Å². The van der Waals surface area contributed by atoms with Crippen LogP contribution in [0, 0.1) is 5.92 Å². The zero-order chi connectivity index (χ0) is 17.4. The molecule has 3 N–H and O–H groups in total. The lowest BCUT2D eigenvalue weighted by atomic mass is 10.1. The molecule has 0 spiro atoms. The van der Waals surface area contributed by atoms with Crippen molar-refractivity contribution < 1.29 is 14.6 Å². The average Bonchev–Trinajstić information content (AvgIpc) is 3.04. The molecule has 134 valence electrons. The molecule has 1 aliphatic rings. The second-order valence-electron chi connectivity index (χ2n) is 6.89. The third-order valence-electron chi connectivity index (χ3n) is 4.36. The van der Waals surface area contributed by atoms with Gasteiger partial charge in [0.2, 0.25) is 0 Å². The molecule has 1 fully saturated rings. The molecule has 24 heavy (non-hydrogen) atoms. The van der Waals surface area contributed by atoms with Crippen LogP contribution in [0.3, 0.4) is 0 Å². The van der Waals surface area contributed by atoms with Crippen molar-refractivity contribution in [2.24, 2.45) is 5.92 Å². The Bertz CT molecular complexity index is 513. The van der Waals surface area contributed by atoms with E-state index in [1.165, 1.54) is 12.8 Å². The van der Waals surface area contributed by atoms with Crippen molar-refractivity contribution in [3.05, 3.63) is 29.8 Å². The summed E-state index contributed by atoms with van der Waals surface area (Å²) in [7, 11) is 0. The molecule has 5 heteroatoms. The third kappa shape index (κ3) is 6.40. The highest BCUT2D eigenvalue weighted by molar-refractivity contribution is 5.73. The molecule has 0 aromatic heterocycles. The molecule has 2 unspecified atom stereocenters. The van der Waals surface area contributed by atoms with E-state index in [9.17, 15) is 9.90 Å². The highest BCUT2D eigenvalue weighted by Gasteiger charge is 2.18. The van der Waals surface area contributed by atoms with Gasteiger partial charge in [0.25, 0.3) is 0 Å². The molecule has 0 bridgehead atoms. The van der Waals surface area contributed by atoms with E-state index in [0.29, 0.717) is 25.6 Å². The van der Waals surface area contributed by atoms with Crippen molar-refractivity contribution in [3.63, 3.8) is 0 Å². The Kier molecular flexibility index (Phi) is 7.37. The first-order valence-corrected chi connectivity index (χ1v) is 8.99. The van der Waals surface area contributed by atoms with Gasteiger partial charge >= 0.3 is 6.03 Å². The van der Waals surface area contributed by atoms with Gasteiger partial charge in [-0.2, -0.15) is 0 Å². The van der Waals surface area contributed by atoms with Crippen LogP contribution in [0.4, 0.5) is 4.79 Å².